The fraction of sp³-hybridized carbons (Fsp3) is 0.636. The normalized spacial score (nSPS) is 23.5. The number of hydrogen-bond donors (Lipinski definition) is 0. The first-order chi connectivity index (χ1) is 8.00. The highest BCUT2D eigenvalue weighted by molar-refractivity contribution is 7.92. The smallest absolute Gasteiger partial charge is 0.160 e. The van der Waals surface area contributed by atoms with Gasteiger partial charge in [0.25, 0.3) is 0 Å². The molecule has 0 bridgehead atoms. The minimum atomic E-state index is -3.23. The lowest BCUT2D eigenvalue weighted by Crippen LogP contribution is -2.36. The molecule has 0 amide bonds. The van der Waals surface area contributed by atoms with Crippen LogP contribution in [-0.4, -0.2) is 34.8 Å². The third kappa shape index (κ3) is 2.57. The monoisotopic (exact) mass is 256 g/mol. The van der Waals surface area contributed by atoms with E-state index in [4.69, 9.17) is 0 Å². The third-order valence-corrected chi connectivity index (χ3v) is 5.41. The summed E-state index contributed by atoms with van der Waals surface area (Å²) in [5, 5.41) is -0.812. The predicted octanol–water partition coefficient (Wildman–Crippen LogP) is 0.499. The van der Waals surface area contributed by atoms with Crippen molar-refractivity contribution in [2.45, 2.75) is 30.9 Å². The fourth-order valence-corrected chi connectivity index (χ4v) is 4.05. The largest absolute Gasteiger partial charge is 0.338 e. The molecule has 1 aromatic rings. The Morgan fingerprint density at radius 1 is 1.53 bits per heavy atom. The zero-order valence-electron chi connectivity index (χ0n) is 9.80. The van der Waals surface area contributed by atoms with Gasteiger partial charge in [-0.15, -0.1) is 0 Å². The summed E-state index contributed by atoms with van der Waals surface area (Å²) in [6, 6.07) is 0. The highest BCUT2D eigenvalue weighted by atomic mass is 32.2. The molecule has 1 aliphatic rings. The Bertz CT molecular complexity index is 519. The van der Waals surface area contributed by atoms with E-state index < -0.39 is 15.1 Å². The molecule has 0 aliphatic carbocycles. The van der Waals surface area contributed by atoms with Crippen LogP contribution in [0.5, 0.6) is 0 Å². The van der Waals surface area contributed by atoms with Crippen molar-refractivity contribution in [1.29, 1.82) is 0 Å². The Balaban J connectivity index is 2.13. The van der Waals surface area contributed by atoms with E-state index in [-0.39, 0.29) is 18.0 Å². The molecule has 94 valence electrons. The van der Waals surface area contributed by atoms with E-state index in [1.165, 1.54) is 0 Å². The Morgan fingerprint density at radius 2 is 2.29 bits per heavy atom. The molecule has 5 nitrogen and oxygen atoms in total. The summed E-state index contributed by atoms with van der Waals surface area (Å²) in [5.74, 6) is 0.541. The van der Waals surface area contributed by atoms with Gasteiger partial charge in [0.1, 0.15) is 11.1 Å². The fourth-order valence-electron chi connectivity index (χ4n) is 2.15. The number of ketones is 1. The van der Waals surface area contributed by atoms with Gasteiger partial charge in [0.2, 0.25) is 0 Å². The summed E-state index contributed by atoms with van der Waals surface area (Å²) in [5.41, 5.74) is 0. The van der Waals surface area contributed by atoms with E-state index >= 15 is 0 Å². The first-order valence-corrected chi connectivity index (χ1v) is 7.43. The molecule has 0 spiro atoms. The molecule has 17 heavy (non-hydrogen) atoms. The number of nitrogens with zero attached hydrogens (tertiary/aromatic N) is 2. The predicted molar refractivity (Wildman–Crippen MR) is 63.3 cm³/mol. The van der Waals surface area contributed by atoms with Crippen molar-refractivity contribution in [3.05, 3.63) is 18.2 Å². The highest BCUT2D eigenvalue weighted by Crippen LogP contribution is 2.21. The quantitative estimate of drug-likeness (QED) is 0.789. The average Bonchev–Trinajstić information content (AvgIpc) is 2.63. The van der Waals surface area contributed by atoms with Crippen LogP contribution in [0.3, 0.4) is 0 Å². The summed E-state index contributed by atoms with van der Waals surface area (Å²) in [7, 11) is -1.43. The van der Waals surface area contributed by atoms with E-state index in [9.17, 15) is 13.2 Å². The van der Waals surface area contributed by atoms with E-state index in [1.807, 2.05) is 0 Å². The molecular weight excluding hydrogens is 240 g/mol. The summed E-state index contributed by atoms with van der Waals surface area (Å²) in [4.78, 5) is 16.0. The van der Waals surface area contributed by atoms with Crippen LogP contribution in [0.2, 0.25) is 0 Å². The van der Waals surface area contributed by atoms with Gasteiger partial charge in [0, 0.05) is 19.4 Å². The van der Waals surface area contributed by atoms with Crippen molar-refractivity contribution in [2.75, 3.05) is 5.75 Å². The summed E-state index contributed by atoms with van der Waals surface area (Å²) in [6.45, 7) is 0. The number of carbonyl (C=O) groups excluding carboxylic acids is 1. The van der Waals surface area contributed by atoms with Gasteiger partial charge in [0.05, 0.1) is 12.2 Å². The van der Waals surface area contributed by atoms with Crippen LogP contribution >= 0.6 is 0 Å². The highest BCUT2D eigenvalue weighted by Gasteiger charge is 2.34. The lowest BCUT2D eigenvalue weighted by Gasteiger charge is -2.20. The molecule has 0 aromatic carbocycles. The van der Waals surface area contributed by atoms with Gasteiger partial charge >= 0.3 is 0 Å². The van der Waals surface area contributed by atoms with Gasteiger partial charge in [-0.1, -0.05) is 6.42 Å². The summed E-state index contributed by atoms with van der Waals surface area (Å²) >= 11 is 0. The molecule has 1 unspecified atom stereocenters. The minimum Gasteiger partial charge on any atom is -0.338 e. The molecule has 0 saturated carbocycles. The van der Waals surface area contributed by atoms with Gasteiger partial charge in [0.15, 0.2) is 15.6 Å². The lowest BCUT2D eigenvalue weighted by atomic mass is 10.1. The van der Waals surface area contributed by atoms with Crippen LogP contribution in [0.25, 0.3) is 0 Å². The SMILES string of the molecule is Cn1ccnc1CC(=O)C1CCCCS1(=O)=O. The first kappa shape index (κ1) is 12.3. The maximum atomic E-state index is 12.0. The maximum absolute atomic E-state index is 12.0. The topological polar surface area (TPSA) is 69.0 Å². The molecular formula is C11H16N2O3S. The number of Topliss-reactive ketones (excluding diaryl/α,β-unsaturated/α-hetero) is 1. The second-order valence-corrected chi connectivity index (χ2v) is 6.75. The van der Waals surface area contributed by atoms with E-state index in [0.29, 0.717) is 18.7 Å². The van der Waals surface area contributed by atoms with E-state index in [0.717, 1.165) is 6.42 Å². The number of hydrogen-bond acceptors (Lipinski definition) is 4. The van der Waals surface area contributed by atoms with Gasteiger partial charge in [-0.3, -0.25) is 4.79 Å². The molecule has 0 N–H and O–H groups in total. The van der Waals surface area contributed by atoms with Crippen LogP contribution < -0.4 is 0 Å². The Labute approximate surface area is 101 Å². The zero-order valence-corrected chi connectivity index (χ0v) is 10.6. The van der Waals surface area contributed by atoms with Crippen LogP contribution in [-0.2, 0) is 28.1 Å². The lowest BCUT2D eigenvalue weighted by molar-refractivity contribution is -0.118. The van der Waals surface area contributed by atoms with E-state index in [1.54, 1.807) is 24.0 Å². The van der Waals surface area contributed by atoms with Gasteiger partial charge in [-0.05, 0) is 12.8 Å². The summed E-state index contributed by atoms with van der Waals surface area (Å²) < 4.78 is 25.3. The molecule has 0 radical (unpaired) electrons. The number of imidazole rings is 1. The zero-order chi connectivity index (χ0) is 12.5. The Kier molecular flexibility index (Phi) is 3.33. The average molecular weight is 256 g/mol. The number of carbonyl (C=O) groups is 1. The first-order valence-electron chi connectivity index (χ1n) is 5.71. The minimum absolute atomic E-state index is 0.105. The number of aromatic nitrogens is 2. The van der Waals surface area contributed by atoms with Gasteiger partial charge < -0.3 is 4.57 Å². The van der Waals surface area contributed by atoms with E-state index in [2.05, 4.69) is 4.98 Å². The second kappa shape index (κ2) is 4.60. The molecule has 1 saturated heterocycles. The Hall–Kier alpha value is -1.17. The van der Waals surface area contributed by atoms with Crippen molar-refractivity contribution < 1.29 is 13.2 Å². The van der Waals surface area contributed by atoms with Crippen LogP contribution in [0.1, 0.15) is 25.1 Å². The molecule has 6 heteroatoms. The number of rotatable bonds is 3. The van der Waals surface area contributed by atoms with Crippen molar-refractivity contribution in [2.24, 2.45) is 7.05 Å². The molecule has 1 aliphatic heterocycles. The van der Waals surface area contributed by atoms with Crippen molar-refractivity contribution in [1.82, 2.24) is 9.55 Å². The van der Waals surface area contributed by atoms with Gasteiger partial charge in [-0.25, -0.2) is 13.4 Å². The van der Waals surface area contributed by atoms with Crippen molar-refractivity contribution in [3.8, 4) is 0 Å². The Morgan fingerprint density at radius 3 is 2.88 bits per heavy atom. The number of aryl methyl sites for hydroxylation is 1. The standard InChI is InChI=1S/C11H16N2O3S/c1-13-6-5-12-11(13)8-9(14)10-4-2-3-7-17(10,15)16/h5-6,10H,2-4,7-8H2,1H3. The second-order valence-electron chi connectivity index (χ2n) is 4.45. The van der Waals surface area contributed by atoms with Crippen molar-refractivity contribution in [3.63, 3.8) is 0 Å². The third-order valence-electron chi connectivity index (χ3n) is 3.19. The summed E-state index contributed by atoms with van der Waals surface area (Å²) in [6.07, 6.45) is 5.42. The van der Waals surface area contributed by atoms with Gasteiger partial charge in [-0.2, -0.15) is 0 Å². The molecule has 2 rings (SSSR count). The van der Waals surface area contributed by atoms with Crippen LogP contribution in [0, 0.1) is 0 Å². The van der Waals surface area contributed by atoms with Crippen LogP contribution in [0.4, 0.5) is 0 Å². The molecule has 2 heterocycles. The molecule has 1 atom stereocenters. The maximum Gasteiger partial charge on any atom is 0.160 e. The molecule has 1 fully saturated rings. The van der Waals surface area contributed by atoms with Crippen molar-refractivity contribution >= 4 is 15.6 Å². The van der Waals surface area contributed by atoms with Crippen LogP contribution in [0.15, 0.2) is 12.4 Å². The number of sulfone groups is 1. The molecule has 1 aromatic heterocycles.